The van der Waals surface area contributed by atoms with E-state index in [1.807, 2.05) is 30.3 Å². The molecule has 0 aromatic heterocycles. The molecule has 1 aliphatic rings. The quantitative estimate of drug-likeness (QED) is 0.686. The number of esters is 1. The average Bonchev–Trinajstić information content (AvgIpc) is 2.61. The van der Waals surface area contributed by atoms with Crippen molar-refractivity contribution in [1.29, 1.82) is 0 Å². The van der Waals surface area contributed by atoms with Gasteiger partial charge in [-0.05, 0) is 5.56 Å². The van der Waals surface area contributed by atoms with Crippen LogP contribution in [-0.4, -0.2) is 18.6 Å². The van der Waals surface area contributed by atoms with E-state index in [1.165, 1.54) is 0 Å². The predicted octanol–water partition coefficient (Wildman–Crippen LogP) is 0.328. The summed E-state index contributed by atoms with van der Waals surface area (Å²) >= 11 is 0. The van der Waals surface area contributed by atoms with E-state index in [9.17, 15) is 4.79 Å². The predicted molar refractivity (Wildman–Crippen MR) is 51.4 cm³/mol. The summed E-state index contributed by atoms with van der Waals surface area (Å²) in [6.45, 7) is 0.662. The molecule has 0 aliphatic carbocycles. The highest BCUT2D eigenvalue weighted by Crippen LogP contribution is 2.29. The van der Waals surface area contributed by atoms with Gasteiger partial charge in [0.2, 0.25) is 0 Å². The lowest BCUT2D eigenvalue weighted by atomic mass is 9.96. The Hall–Kier alpha value is -1.35. The Kier molecular flexibility index (Phi) is 2.50. The van der Waals surface area contributed by atoms with Crippen LogP contribution < -0.4 is 5.73 Å². The van der Waals surface area contributed by atoms with Crippen LogP contribution in [0.5, 0.6) is 0 Å². The van der Waals surface area contributed by atoms with Gasteiger partial charge in [-0.1, -0.05) is 30.3 Å². The minimum Gasteiger partial charge on any atom is -0.456 e. The highest BCUT2D eigenvalue weighted by Gasteiger charge is 2.35. The van der Waals surface area contributed by atoms with Gasteiger partial charge in [-0.15, -0.1) is 0 Å². The lowest BCUT2D eigenvalue weighted by Crippen LogP contribution is -2.55. The fourth-order valence-corrected chi connectivity index (χ4v) is 1.79. The number of quaternary nitrogens is 1. The molecule has 3 N–H and O–H groups in total. The van der Waals surface area contributed by atoms with Crippen molar-refractivity contribution in [3.05, 3.63) is 35.9 Å². The molecule has 1 aromatic rings. The van der Waals surface area contributed by atoms with Gasteiger partial charge in [-0.3, -0.25) is 4.79 Å². The molecule has 74 valence electrons. The van der Waals surface area contributed by atoms with Gasteiger partial charge in [0.05, 0.1) is 5.92 Å². The van der Waals surface area contributed by atoms with Crippen LogP contribution >= 0.6 is 0 Å². The van der Waals surface area contributed by atoms with Crippen molar-refractivity contribution in [3.8, 4) is 0 Å². The van der Waals surface area contributed by atoms with Crippen molar-refractivity contribution in [1.82, 2.24) is 0 Å². The van der Waals surface area contributed by atoms with Crippen LogP contribution in [0, 0.1) is 0 Å². The van der Waals surface area contributed by atoms with Crippen molar-refractivity contribution in [2.45, 2.75) is 18.4 Å². The molecule has 2 atom stereocenters. The number of hydrogen-bond acceptors (Lipinski definition) is 2. The van der Waals surface area contributed by atoms with Crippen molar-refractivity contribution < 1.29 is 15.3 Å². The smallest absolute Gasteiger partial charge is 0.314 e. The maximum atomic E-state index is 11.5. The van der Waals surface area contributed by atoms with Crippen LogP contribution in [0.3, 0.4) is 0 Å². The van der Waals surface area contributed by atoms with Gasteiger partial charge >= 0.3 is 5.97 Å². The van der Waals surface area contributed by atoms with Gasteiger partial charge in [0.25, 0.3) is 0 Å². The Morgan fingerprint density at radius 2 is 2.07 bits per heavy atom. The summed E-state index contributed by atoms with van der Waals surface area (Å²) in [7, 11) is 0. The summed E-state index contributed by atoms with van der Waals surface area (Å²) in [5, 5.41) is 0. The van der Waals surface area contributed by atoms with Crippen LogP contribution in [0.2, 0.25) is 0 Å². The number of rotatable bonds is 2. The third kappa shape index (κ3) is 1.63. The Morgan fingerprint density at radius 1 is 1.36 bits per heavy atom. The van der Waals surface area contributed by atoms with E-state index in [4.69, 9.17) is 4.74 Å². The summed E-state index contributed by atoms with van der Waals surface area (Å²) in [6, 6.07) is 9.78. The maximum absolute atomic E-state index is 11.5. The first-order valence-corrected chi connectivity index (χ1v) is 4.86. The van der Waals surface area contributed by atoms with E-state index in [0.29, 0.717) is 6.54 Å². The number of ether oxygens (including phenoxy) is 1. The summed E-state index contributed by atoms with van der Waals surface area (Å²) in [4.78, 5) is 11.5. The van der Waals surface area contributed by atoms with Crippen molar-refractivity contribution in [2.24, 2.45) is 0 Å². The normalized spacial score (nSPS) is 26.2. The maximum Gasteiger partial charge on any atom is 0.314 e. The Labute approximate surface area is 82.9 Å². The van der Waals surface area contributed by atoms with Gasteiger partial charge in [0.1, 0.15) is 6.54 Å². The second kappa shape index (κ2) is 3.80. The lowest BCUT2D eigenvalue weighted by Gasteiger charge is -2.03. The monoisotopic (exact) mass is 192 g/mol. The van der Waals surface area contributed by atoms with Crippen LogP contribution in [0.4, 0.5) is 0 Å². The molecule has 0 unspecified atom stereocenters. The van der Waals surface area contributed by atoms with Crippen LogP contribution in [0.25, 0.3) is 0 Å². The third-order valence-electron chi connectivity index (χ3n) is 2.59. The zero-order chi connectivity index (χ0) is 9.97. The Balaban J connectivity index is 2.17. The lowest BCUT2D eigenvalue weighted by molar-refractivity contribution is -0.382. The zero-order valence-corrected chi connectivity index (χ0v) is 7.98. The van der Waals surface area contributed by atoms with Crippen molar-refractivity contribution in [2.75, 3.05) is 6.54 Å². The molecule has 14 heavy (non-hydrogen) atoms. The molecular formula is C11H14NO2+. The molecular weight excluding hydrogens is 178 g/mol. The van der Waals surface area contributed by atoms with E-state index in [-0.39, 0.29) is 18.0 Å². The molecule has 0 radical (unpaired) electrons. The highest BCUT2D eigenvalue weighted by atomic mass is 16.6. The summed E-state index contributed by atoms with van der Waals surface area (Å²) in [5.41, 5.74) is 4.80. The molecule has 1 fully saturated rings. The molecule has 1 aliphatic heterocycles. The van der Waals surface area contributed by atoms with Crippen LogP contribution in [0.15, 0.2) is 30.3 Å². The average molecular weight is 192 g/mol. The first-order chi connectivity index (χ1) is 6.81. The van der Waals surface area contributed by atoms with Gasteiger partial charge in [0, 0.05) is 6.42 Å². The number of carbonyl (C=O) groups excluding carboxylic acids is 1. The van der Waals surface area contributed by atoms with Crippen molar-refractivity contribution in [3.63, 3.8) is 0 Å². The number of cyclic esters (lactones) is 1. The molecule has 3 heteroatoms. The molecule has 0 bridgehead atoms. The third-order valence-corrected chi connectivity index (χ3v) is 2.59. The minimum atomic E-state index is -0.107. The van der Waals surface area contributed by atoms with Gasteiger partial charge in [0.15, 0.2) is 6.10 Å². The molecule has 1 heterocycles. The summed E-state index contributed by atoms with van der Waals surface area (Å²) in [6.07, 6.45) is 0.777. The molecule has 2 rings (SSSR count). The topological polar surface area (TPSA) is 53.9 Å². The van der Waals surface area contributed by atoms with Crippen LogP contribution in [0.1, 0.15) is 17.9 Å². The second-order valence-corrected chi connectivity index (χ2v) is 3.55. The summed E-state index contributed by atoms with van der Waals surface area (Å²) < 4.78 is 5.18. The summed E-state index contributed by atoms with van der Waals surface area (Å²) in [5.74, 6) is -0.187. The molecule has 0 amide bonds. The molecule has 1 aromatic carbocycles. The molecule has 0 saturated carbocycles. The minimum absolute atomic E-state index is 0.00714. The van der Waals surface area contributed by atoms with Gasteiger partial charge < -0.3 is 10.5 Å². The fourth-order valence-electron chi connectivity index (χ4n) is 1.79. The molecule has 0 spiro atoms. The SMILES string of the molecule is [NH3+]C[C@@H]1C[C@H](c2ccccc2)C(=O)O1. The molecule has 1 saturated heterocycles. The van der Waals surface area contributed by atoms with E-state index >= 15 is 0 Å². The Morgan fingerprint density at radius 3 is 2.64 bits per heavy atom. The zero-order valence-electron chi connectivity index (χ0n) is 7.98. The Bertz CT molecular complexity index is 323. The van der Waals surface area contributed by atoms with E-state index in [2.05, 4.69) is 5.73 Å². The number of carbonyl (C=O) groups is 1. The van der Waals surface area contributed by atoms with Gasteiger partial charge in [-0.2, -0.15) is 0 Å². The van der Waals surface area contributed by atoms with E-state index in [0.717, 1.165) is 12.0 Å². The highest BCUT2D eigenvalue weighted by molar-refractivity contribution is 5.80. The standard InChI is InChI=1S/C11H13NO2/c12-7-9-6-10(11(13)14-9)8-4-2-1-3-5-8/h1-5,9-10H,6-7,12H2/p+1/t9-,10+/m0/s1. The number of benzene rings is 1. The largest absolute Gasteiger partial charge is 0.456 e. The second-order valence-electron chi connectivity index (χ2n) is 3.55. The first-order valence-electron chi connectivity index (χ1n) is 4.86. The van der Waals surface area contributed by atoms with E-state index in [1.54, 1.807) is 0 Å². The van der Waals surface area contributed by atoms with Crippen molar-refractivity contribution >= 4 is 5.97 Å². The van der Waals surface area contributed by atoms with E-state index < -0.39 is 0 Å². The molecule has 3 nitrogen and oxygen atoms in total. The van der Waals surface area contributed by atoms with Crippen LogP contribution in [-0.2, 0) is 9.53 Å². The van der Waals surface area contributed by atoms with Gasteiger partial charge in [-0.25, -0.2) is 0 Å². The first kappa shape index (κ1) is 9.21. The number of hydrogen-bond donors (Lipinski definition) is 1. The fraction of sp³-hybridized carbons (Fsp3) is 0.364.